The molecule has 0 aliphatic carbocycles. The average Bonchev–Trinajstić information content (AvgIpc) is 3.11. The van der Waals surface area contributed by atoms with Gasteiger partial charge in [-0.05, 0) is 36.4 Å². The molecule has 0 atom stereocenters. The number of carboxylic acids is 1. The minimum Gasteiger partial charge on any atom is -0.478 e. The van der Waals surface area contributed by atoms with Crippen LogP contribution in [-0.4, -0.2) is 42.4 Å². The fraction of sp³-hybridized carbons (Fsp3) is 0.158. The van der Waals surface area contributed by atoms with Crippen LogP contribution in [0.3, 0.4) is 0 Å². The van der Waals surface area contributed by atoms with Crippen LogP contribution in [0.1, 0.15) is 26.4 Å². The molecule has 0 aliphatic rings. The van der Waals surface area contributed by atoms with E-state index < -0.39 is 11.9 Å². The second-order valence-electron chi connectivity index (χ2n) is 5.79. The van der Waals surface area contributed by atoms with Crippen molar-refractivity contribution >= 4 is 34.2 Å². The molecule has 0 saturated carbocycles. The van der Waals surface area contributed by atoms with Crippen LogP contribution in [0.15, 0.2) is 40.9 Å². The first-order valence-electron chi connectivity index (χ1n) is 8.24. The van der Waals surface area contributed by atoms with Crippen LogP contribution in [0, 0.1) is 11.3 Å². The van der Waals surface area contributed by atoms with Gasteiger partial charge in [-0.2, -0.15) is 5.26 Å². The molecular weight excluding hydrogens is 364 g/mol. The fourth-order valence-electron chi connectivity index (χ4n) is 2.59. The zero-order chi connectivity index (χ0) is 20.1. The molecule has 0 bridgehead atoms. The lowest BCUT2D eigenvalue weighted by Crippen LogP contribution is -2.15. The summed E-state index contributed by atoms with van der Waals surface area (Å²) in [6.45, 7) is 1.10. The first-order valence-corrected chi connectivity index (χ1v) is 8.24. The van der Waals surface area contributed by atoms with Crippen molar-refractivity contribution in [3.63, 3.8) is 0 Å². The molecule has 3 rings (SSSR count). The van der Waals surface area contributed by atoms with E-state index in [1.165, 1.54) is 18.2 Å². The van der Waals surface area contributed by atoms with Crippen molar-refractivity contribution in [1.29, 1.82) is 5.26 Å². The van der Waals surface area contributed by atoms with E-state index in [4.69, 9.17) is 14.5 Å². The predicted molar refractivity (Wildman–Crippen MR) is 100 cm³/mol. The number of benzene rings is 2. The van der Waals surface area contributed by atoms with Crippen LogP contribution in [0.2, 0.25) is 0 Å². The third-order valence-electron chi connectivity index (χ3n) is 3.95. The third-order valence-corrected chi connectivity index (χ3v) is 3.95. The lowest BCUT2D eigenvalue weighted by atomic mass is 10.1. The van der Waals surface area contributed by atoms with Gasteiger partial charge in [0.1, 0.15) is 0 Å². The summed E-state index contributed by atoms with van der Waals surface area (Å²) < 4.78 is 10.2. The van der Waals surface area contributed by atoms with E-state index in [0.29, 0.717) is 24.1 Å². The Morgan fingerprint density at radius 1 is 1.29 bits per heavy atom. The third kappa shape index (κ3) is 3.92. The van der Waals surface area contributed by atoms with Crippen molar-refractivity contribution in [1.82, 2.24) is 5.16 Å². The molecule has 0 spiro atoms. The molecular formula is C19H16N4O5. The highest BCUT2D eigenvalue weighted by Gasteiger charge is 2.20. The topological polar surface area (TPSA) is 137 Å². The van der Waals surface area contributed by atoms with Crippen molar-refractivity contribution in [2.75, 3.05) is 30.9 Å². The molecule has 0 unspecified atom stereocenters. The molecule has 0 radical (unpaired) electrons. The van der Waals surface area contributed by atoms with E-state index in [9.17, 15) is 14.7 Å². The van der Waals surface area contributed by atoms with Gasteiger partial charge in [0.15, 0.2) is 11.3 Å². The van der Waals surface area contributed by atoms with Crippen molar-refractivity contribution < 1.29 is 24.0 Å². The van der Waals surface area contributed by atoms with Crippen LogP contribution in [0.5, 0.6) is 0 Å². The summed E-state index contributed by atoms with van der Waals surface area (Å²) in [4.78, 5) is 24.1. The average molecular weight is 380 g/mol. The van der Waals surface area contributed by atoms with Crippen LogP contribution in [0.4, 0.5) is 11.4 Å². The predicted octanol–water partition coefficient (Wildman–Crippen LogP) is 2.71. The smallest absolute Gasteiger partial charge is 0.337 e. The SMILES string of the molecule is COCCNc1ccc2onc(C(=O)Nc3ccc(C#N)cc3C(=O)O)c2c1. The van der Waals surface area contributed by atoms with Crippen molar-refractivity contribution in [2.24, 2.45) is 0 Å². The number of rotatable bonds is 7. The number of hydrogen-bond acceptors (Lipinski definition) is 7. The Morgan fingerprint density at radius 2 is 2.11 bits per heavy atom. The number of carbonyl (C=O) groups excluding carboxylic acids is 1. The Balaban J connectivity index is 1.89. The highest BCUT2D eigenvalue weighted by Crippen LogP contribution is 2.24. The number of aromatic nitrogens is 1. The van der Waals surface area contributed by atoms with E-state index in [1.54, 1.807) is 25.3 Å². The number of hydrogen-bond donors (Lipinski definition) is 3. The van der Waals surface area contributed by atoms with Gasteiger partial charge in [0.05, 0.1) is 34.9 Å². The van der Waals surface area contributed by atoms with E-state index in [2.05, 4.69) is 15.8 Å². The quantitative estimate of drug-likeness (QED) is 0.532. The van der Waals surface area contributed by atoms with Gasteiger partial charge >= 0.3 is 5.97 Å². The number of aromatic carboxylic acids is 1. The first-order chi connectivity index (χ1) is 13.5. The number of fused-ring (bicyclic) bond motifs is 1. The van der Waals surface area contributed by atoms with Crippen LogP contribution >= 0.6 is 0 Å². The standard InChI is InChI=1S/C19H16N4O5/c1-27-7-6-21-12-3-5-16-14(9-12)17(23-28-16)18(24)22-15-4-2-11(10-20)8-13(15)19(25)26/h2-5,8-9,21H,6-7H2,1H3,(H,22,24)(H,25,26). The summed E-state index contributed by atoms with van der Waals surface area (Å²) in [5.41, 5.74) is 1.23. The van der Waals surface area contributed by atoms with E-state index in [-0.39, 0.29) is 22.5 Å². The zero-order valence-electron chi connectivity index (χ0n) is 14.9. The molecule has 3 aromatic rings. The summed E-state index contributed by atoms with van der Waals surface area (Å²) in [5, 5.41) is 28.2. The maximum absolute atomic E-state index is 12.7. The zero-order valence-corrected chi connectivity index (χ0v) is 14.9. The number of nitrogens with zero attached hydrogens (tertiary/aromatic N) is 2. The van der Waals surface area contributed by atoms with Gasteiger partial charge in [0.2, 0.25) is 0 Å². The molecule has 9 heteroatoms. The number of amides is 1. The second-order valence-corrected chi connectivity index (χ2v) is 5.79. The molecule has 0 aliphatic heterocycles. The fourth-order valence-corrected chi connectivity index (χ4v) is 2.59. The Bertz CT molecular complexity index is 1080. The number of anilines is 2. The van der Waals surface area contributed by atoms with Crippen molar-refractivity contribution in [3.8, 4) is 6.07 Å². The molecule has 0 saturated heterocycles. The monoisotopic (exact) mass is 380 g/mol. The Kier molecular flexibility index (Phi) is 5.53. The molecule has 3 N–H and O–H groups in total. The van der Waals surface area contributed by atoms with Crippen LogP contribution in [-0.2, 0) is 4.74 Å². The summed E-state index contributed by atoms with van der Waals surface area (Å²) in [6.07, 6.45) is 0. The molecule has 9 nitrogen and oxygen atoms in total. The van der Waals surface area contributed by atoms with Gasteiger partial charge in [0, 0.05) is 19.3 Å². The Hall–Kier alpha value is -3.90. The van der Waals surface area contributed by atoms with Crippen molar-refractivity contribution in [3.05, 3.63) is 53.2 Å². The normalized spacial score (nSPS) is 10.4. The Morgan fingerprint density at radius 3 is 2.82 bits per heavy atom. The van der Waals surface area contributed by atoms with Gasteiger partial charge in [-0.25, -0.2) is 4.79 Å². The van der Waals surface area contributed by atoms with Crippen molar-refractivity contribution in [2.45, 2.75) is 0 Å². The van der Waals surface area contributed by atoms with Gasteiger partial charge in [-0.15, -0.1) is 0 Å². The first kappa shape index (κ1) is 18.9. The van der Waals surface area contributed by atoms with Crippen LogP contribution in [0.25, 0.3) is 11.0 Å². The molecule has 142 valence electrons. The summed E-state index contributed by atoms with van der Waals surface area (Å²) in [7, 11) is 1.60. The highest BCUT2D eigenvalue weighted by atomic mass is 16.5. The van der Waals surface area contributed by atoms with Gasteiger partial charge < -0.3 is 25.0 Å². The minimum atomic E-state index is -1.26. The van der Waals surface area contributed by atoms with Gasteiger partial charge in [-0.3, -0.25) is 4.79 Å². The molecule has 1 aromatic heterocycles. The van der Waals surface area contributed by atoms with E-state index in [1.807, 2.05) is 6.07 Å². The number of carbonyl (C=O) groups is 2. The maximum Gasteiger partial charge on any atom is 0.337 e. The van der Waals surface area contributed by atoms with Crippen LogP contribution < -0.4 is 10.6 Å². The largest absolute Gasteiger partial charge is 0.478 e. The molecule has 0 fully saturated rings. The maximum atomic E-state index is 12.7. The summed E-state index contributed by atoms with van der Waals surface area (Å²) >= 11 is 0. The van der Waals surface area contributed by atoms with Gasteiger partial charge in [-0.1, -0.05) is 5.16 Å². The minimum absolute atomic E-state index is 0.0195. The van der Waals surface area contributed by atoms with E-state index in [0.717, 1.165) is 5.69 Å². The number of carboxylic acid groups (broad SMARTS) is 1. The molecule has 28 heavy (non-hydrogen) atoms. The molecule has 1 amide bonds. The number of nitrogens with one attached hydrogen (secondary N) is 2. The summed E-state index contributed by atoms with van der Waals surface area (Å²) in [6, 6.07) is 11.0. The lowest BCUT2D eigenvalue weighted by Gasteiger charge is -2.08. The Labute approximate surface area is 159 Å². The second kappa shape index (κ2) is 8.20. The molecule has 1 heterocycles. The highest BCUT2D eigenvalue weighted by molar-refractivity contribution is 6.12. The number of methoxy groups -OCH3 is 1. The summed E-state index contributed by atoms with van der Waals surface area (Å²) in [5.74, 6) is -1.89. The number of nitriles is 1. The molecule has 2 aromatic carbocycles. The number of ether oxygens (including phenoxy) is 1. The van der Waals surface area contributed by atoms with Gasteiger partial charge in [0.25, 0.3) is 5.91 Å². The van der Waals surface area contributed by atoms with E-state index >= 15 is 0 Å². The lowest BCUT2D eigenvalue weighted by molar-refractivity contribution is 0.0698.